The summed E-state index contributed by atoms with van der Waals surface area (Å²) in [5.74, 6) is 0.446. The lowest BCUT2D eigenvalue weighted by Crippen LogP contribution is -2.49. The number of likely N-dealkylation sites (N-methyl/N-ethyl adjacent to an activating group) is 1. The zero-order valence-electron chi connectivity index (χ0n) is 12.4. The molecule has 1 aliphatic carbocycles. The highest BCUT2D eigenvalue weighted by Crippen LogP contribution is 2.23. The third-order valence-electron chi connectivity index (χ3n) is 4.09. The fourth-order valence-corrected chi connectivity index (χ4v) is 4.42. The van der Waals surface area contributed by atoms with E-state index in [1.165, 1.54) is 17.1 Å². The Morgan fingerprint density at radius 3 is 2.75 bits per heavy atom. The molecule has 2 rings (SSSR count). The molecule has 0 aromatic carbocycles. The Kier molecular flexibility index (Phi) is 5.60. The van der Waals surface area contributed by atoms with Crippen molar-refractivity contribution < 1.29 is 8.42 Å². The molecule has 1 unspecified atom stereocenters. The van der Waals surface area contributed by atoms with Gasteiger partial charge in [0, 0.05) is 32.2 Å². The molecule has 116 valence electrons. The first-order valence-electron chi connectivity index (χ1n) is 7.67. The normalized spacial score (nSPS) is 25.0. The van der Waals surface area contributed by atoms with Gasteiger partial charge in [-0.1, -0.05) is 13.0 Å². The van der Waals surface area contributed by atoms with Gasteiger partial charge in [-0.2, -0.15) is 17.0 Å². The van der Waals surface area contributed by atoms with E-state index in [0.29, 0.717) is 38.1 Å². The summed E-state index contributed by atoms with van der Waals surface area (Å²) in [6.07, 6.45) is 6.29. The molecule has 0 amide bonds. The second kappa shape index (κ2) is 7.02. The standard InChI is InChI=1S/C14H27N3O2S/c1-3-9-16(4-2)20(18,19)17-10-5-6-13(12-17)11-15-14-7-8-14/h3,13-15H,1,4-12H2,2H3. The molecule has 1 aliphatic heterocycles. The van der Waals surface area contributed by atoms with Crippen LogP contribution >= 0.6 is 0 Å². The largest absolute Gasteiger partial charge is 0.314 e. The summed E-state index contributed by atoms with van der Waals surface area (Å²) in [5.41, 5.74) is 0. The number of nitrogens with one attached hydrogen (secondary N) is 1. The highest BCUT2D eigenvalue weighted by molar-refractivity contribution is 7.86. The van der Waals surface area contributed by atoms with E-state index in [0.717, 1.165) is 19.4 Å². The molecule has 5 nitrogen and oxygen atoms in total. The lowest BCUT2D eigenvalue weighted by molar-refractivity contribution is 0.245. The molecular weight excluding hydrogens is 274 g/mol. The Morgan fingerprint density at radius 2 is 2.15 bits per heavy atom. The van der Waals surface area contributed by atoms with Crippen molar-refractivity contribution in [1.29, 1.82) is 0 Å². The maximum Gasteiger partial charge on any atom is 0.282 e. The summed E-state index contributed by atoms with van der Waals surface area (Å²) >= 11 is 0. The predicted octanol–water partition coefficient (Wildman–Crippen LogP) is 1.20. The summed E-state index contributed by atoms with van der Waals surface area (Å²) in [6.45, 7) is 8.65. The lowest BCUT2D eigenvalue weighted by atomic mass is 10.00. The van der Waals surface area contributed by atoms with Gasteiger partial charge in [-0.25, -0.2) is 0 Å². The van der Waals surface area contributed by atoms with E-state index in [2.05, 4.69) is 11.9 Å². The van der Waals surface area contributed by atoms with Crippen LogP contribution in [0.3, 0.4) is 0 Å². The molecule has 0 bridgehead atoms. The summed E-state index contributed by atoms with van der Waals surface area (Å²) < 4.78 is 28.3. The minimum absolute atomic E-state index is 0.389. The van der Waals surface area contributed by atoms with Crippen LogP contribution < -0.4 is 5.32 Å². The van der Waals surface area contributed by atoms with Crippen LogP contribution in [0.2, 0.25) is 0 Å². The lowest BCUT2D eigenvalue weighted by Gasteiger charge is -2.35. The van der Waals surface area contributed by atoms with E-state index in [-0.39, 0.29) is 0 Å². The summed E-state index contributed by atoms with van der Waals surface area (Å²) in [5, 5.41) is 3.52. The van der Waals surface area contributed by atoms with E-state index in [4.69, 9.17) is 0 Å². The van der Waals surface area contributed by atoms with E-state index in [1.54, 1.807) is 10.4 Å². The van der Waals surface area contributed by atoms with Gasteiger partial charge in [-0.3, -0.25) is 0 Å². The molecule has 20 heavy (non-hydrogen) atoms. The molecule has 1 saturated carbocycles. The molecule has 0 aromatic rings. The van der Waals surface area contributed by atoms with Crippen molar-refractivity contribution in [2.24, 2.45) is 5.92 Å². The van der Waals surface area contributed by atoms with Gasteiger partial charge in [0.05, 0.1) is 0 Å². The zero-order chi connectivity index (χ0) is 14.6. The van der Waals surface area contributed by atoms with E-state index >= 15 is 0 Å². The van der Waals surface area contributed by atoms with Gasteiger partial charge in [-0.15, -0.1) is 6.58 Å². The van der Waals surface area contributed by atoms with Gasteiger partial charge in [0.15, 0.2) is 0 Å². The van der Waals surface area contributed by atoms with Gasteiger partial charge in [-0.05, 0) is 38.1 Å². The van der Waals surface area contributed by atoms with Crippen LogP contribution in [0.1, 0.15) is 32.6 Å². The molecule has 6 heteroatoms. The highest BCUT2D eigenvalue weighted by atomic mass is 32.2. The van der Waals surface area contributed by atoms with Crippen LogP contribution in [0.5, 0.6) is 0 Å². The van der Waals surface area contributed by atoms with Crippen LogP contribution in [0.4, 0.5) is 0 Å². The Hall–Kier alpha value is -0.430. The average Bonchev–Trinajstić information content (AvgIpc) is 3.27. The van der Waals surface area contributed by atoms with Crippen molar-refractivity contribution in [3.8, 4) is 0 Å². The van der Waals surface area contributed by atoms with Crippen molar-refractivity contribution in [3.63, 3.8) is 0 Å². The number of nitrogens with zero attached hydrogens (tertiary/aromatic N) is 2. The third kappa shape index (κ3) is 4.04. The summed E-state index contributed by atoms with van der Waals surface area (Å²) in [6, 6.07) is 0.690. The van der Waals surface area contributed by atoms with Crippen LogP contribution in [0.15, 0.2) is 12.7 Å². The van der Waals surface area contributed by atoms with Crippen molar-refractivity contribution in [1.82, 2.24) is 13.9 Å². The summed E-state index contributed by atoms with van der Waals surface area (Å²) in [7, 11) is -3.32. The first kappa shape index (κ1) is 15.9. The molecule has 1 heterocycles. The number of rotatable bonds is 8. The Balaban J connectivity index is 1.93. The van der Waals surface area contributed by atoms with Crippen LogP contribution in [-0.2, 0) is 10.2 Å². The van der Waals surface area contributed by atoms with Crippen molar-refractivity contribution in [2.45, 2.75) is 38.6 Å². The third-order valence-corrected chi connectivity index (χ3v) is 6.14. The molecule has 1 atom stereocenters. The van der Waals surface area contributed by atoms with Gasteiger partial charge in [0.25, 0.3) is 10.2 Å². The molecule has 0 spiro atoms. The molecule has 1 N–H and O–H groups in total. The zero-order valence-corrected chi connectivity index (χ0v) is 13.2. The SMILES string of the molecule is C=CCN(CC)S(=O)(=O)N1CCCC(CNC2CC2)C1. The molecule has 0 aromatic heterocycles. The minimum Gasteiger partial charge on any atom is -0.314 e. The molecular formula is C14H27N3O2S. The van der Waals surface area contributed by atoms with E-state index in [9.17, 15) is 8.42 Å². The van der Waals surface area contributed by atoms with E-state index in [1.807, 2.05) is 6.92 Å². The quantitative estimate of drug-likeness (QED) is 0.686. The van der Waals surface area contributed by atoms with Crippen molar-refractivity contribution in [3.05, 3.63) is 12.7 Å². The maximum absolute atomic E-state index is 12.6. The molecule has 0 radical (unpaired) electrons. The molecule has 2 aliphatic rings. The van der Waals surface area contributed by atoms with Gasteiger partial charge in [0.1, 0.15) is 0 Å². The monoisotopic (exact) mass is 301 g/mol. The fraction of sp³-hybridized carbons (Fsp3) is 0.857. The Bertz CT molecular complexity index is 420. The van der Waals surface area contributed by atoms with Gasteiger partial charge < -0.3 is 5.32 Å². The molecule has 1 saturated heterocycles. The van der Waals surface area contributed by atoms with Gasteiger partial charge >= 0.3 is 0 Å². The van der Waals surface area contributed by atoms with Crippen molar-refractivity contribution in [2.75, 3.05) is 32.7 Å². The summed E-state index contributed by atoms with van der Waals surface area (Å²) in [4.78, 5) is 0. The van der Waals surface area contributed by atoms with Crippen LogP contribution in [0.25, 0.3) is 0 Å². The number of hydrogen-bond acceptors (Lipinski definition) is 3. The highest BCUT2D eigenvalue weighted by Gasteiger charge is 2.33. The van der Waals surface area contributed by atoms with Gasteiger partial charge in [0.2, 0.25) is 0 Å². The first-order valence-corrected chi connectivity index (χ1v) is 9.07. The van der Waals surface area contributed by atoms with Crippen LogP contribution in [0, 0.1) is 5.92 Å². The smallest absolute Gasteiger partial charge is 0.282 e. The average molecular weight is 301 g/mol. The Morgan fingerprint density at radius 1 is 1.40 bits per heavy atom. The number of hydrogen-bond donors (Lipinski definition) is 1. The Labute approximate surface area is 123 Å². The van der Waals surface area contributed by atoms with Crippen molar-refractivity contribution >= 4 is 10.2 Å². The first-order chi connectivity index (χ1) is 9.57. The minimum atomic E-state index is -3.32. The van der Waals surface area contributed by atoms with E-state index < -0.39 is 10.2 Å². The number of piperidine rings is 1. The fourth-order valence-electron chi connectivity index (χ4n) is 2.72. The second-order valence-corrected chi connectivity index (χ2v) is 7.72. The van der Waals surface area contributed by atoms with Crippen LogP contribution in [-0.4, -0.2) is 55.8 Å². The second-order valence-electron chi connectivity index (χ2n) is 5.80. The molecule has 2 fully saturated rings. The predicted molar refractivity (Wildman–Crippen MR) is 81.7 cm³/mol. The maximum atomic E-state index is 12.6. The topological polar surface area (TPSA) is 52.7 Å².